The van der Waals surface area contributed by atoms with Crippen LogP contribution in [0.3, 0.4) is 0 Å². The van der Waals surface area contributed by atoms with Crippen LogP contribution in [-0.2, 0) is 22.6 Å². The second-order valence-corrected chi connectivity index (χ2v) is 10.3. The van der Waals surface area contributed by atoms with Crippen LogP contribution in [0.1, 0.15) is 43.4 Å². The van der Waals surface area contributed by atoms with Crippen LogP contribution in [-0.4, -0.2) is 34.6 Å². The van der Waals surface area contributed by atoms with Gasteiger partial charge in [0.2, 0.25) is 11.8 Å². The van der Waals surface area contributed by atoms with Crippen molar-refractivity contribution in [3.8, 4) is 0 Å². The highest BCUT2D eigenvalue weighted by atomic mass is 32.2. The topological polar surface area (TPSA) is 49.4 Å². The average molecular weight is 507 g/mol. The minimum absolute atomic E-state index is 0.00404. The summed E-state index contributed by atoms with van der Waals surface area (Å²) in [4.78, 5) is 29.8. The third kappa shape index (κ3) is 8.52. The van der Waals surface area contributed by atoms with Crippen molar-refractivity contribution >= 4 is 23.6 Å². The molecule has 1 N–H and O–H groups in total. The summed E-state index contributed by atoms with van der Waals surface area (Å²) in [6.45, 7) is 6.26. The van der Waals surface area contributed by atoms with Gasteiger partial charge < -0.3 is 10.2 Å². The number of halogens is 1. The fourth-order valence-electron chi connectivity index (χ4n) is 3.82. The standard InChI is InChI=1S/C30H35FN2O2S/c1-4-23(3)32-30(35)28(20-24-8-6-5-7-9-24)33(21-25-12-14-26(31)15-13-25)29(34)18-19-36-27-16-10-22(2)11-17-27/h5-17,23,28H,4,18-21H2,1-3H3,(H,32,35)/t23-,28+/m0/s1. The predicted molar refractivity (Wildman–Crippen MR) is 145 cm³/mol. The van der Waals surface area contributed by atoms with E-state index in [-0.39, 0.29) is 30.2 Å². The number of hydrogen-bond acceptors (Lipinski definition) is 3. The van der Waals surface area contributed by atoms with E-state index in [1.54, 1.807) is 28.8 Å². The molecule has 3 aromatic carbocycles. The van der Waals surface area contributed by atoms with Crippen LogP contribution in [0, 0.1) is 12.7 Å². The third-order valence-corrected chi connectivity index (χ3v) is 7.16. The van der Waals surface area contributed by atoms with Crippen molar-refractivity contribution in [1.82, 2.24) is 10.2 Å². The van der Waals surface area contributed by atoms with E-state index >= 15 is 0 Å². The first-order chi connectivity index (χ1) is 17.4. The molecule has 0 saturated carbocycles. The number of amides is 2. The molecule has 0 fully saturated rings. The Morgan fingerprint density at radius 3 is 2.25 bits per heavy atom. The smallest absolute Gasteiger partial charge is 0.243 e. The quantitative estimate of drug-likeness (QED) is 0.299. The Hall–Kier alpha value is -3.12. The molecule has 3 rings (SSSR count). The number of nitrogens with one attached hydrogen (secondary N) is 1. The van der Waals surface area contributed by atoms with Crippen LogP contribution in [0.4, 0.5) is 4.39 Å². The molecule has 2 atom stereocenters. The number of hydrogen-bond donors (Lipinski definition) is 1. The molecule has 0 aromatic heterocycles. The van der Waals surface area contributed by atoms with Gasteiger partial charge in [0.05, 0.1) is 0 Å². The van der Waals surface area contributed by atoms with E-state index < -0.39 is 6.04 Å². The average Bonchev–Trinajstić information content (AvgIpc) is 2.88. The Kier molecular flexibility index (Phi) is 10.6. The molecule has 36 heavy (non-hydrogen) atoms. The lowest BCUT2D eigenvalue weighted by atomic mass is 10.0. The number of rotatable bonds is 12. The summed E-state index contributed by atoms with van der Waals surface area (Å²) in [6, 6.07) is 23.4. The molecular formula is C30H35FN2O2S. The number of benzene rings is 3. The largest absolute Gasteiger partial charge is 0.352 e. The monoisotopic (exact) mass is 506 g/mol. The summed E-state index contributed by atoms with van der Waals surface area (Å²) in [5.41, 5.74) is 2.95. The van der Waals surface area contributed by atoms with Crippen LogP contribution >= 0.6 is 11.8 Å². The van der Waals surface area contributed by atoms with Gasteiger partial charge in [-0.25, -0.2) is 4.39 Å². The molecule has 0 bridgehead atoms. The van der Waals surface area contributed by atoms with Crippen LogP contribution in [0.25, 0.3) is 0 Å². The number of thioether (sulfide) groups is 1. The van der Waals surface area contributed by atoms with Gasteiger partial charge in [0.25, 0.3) is 0 Å². The van der Waals surface area contributed by atoms with Crippen LogP contribution in [0.5, 0.6) is 0 Å². The zero-order valence-electron chi connectivity index (χ0n) is 21.2. The molecule has 190 valence electrons. The Balaban J connectivity index is 1.84. The van der Waals surface area contributed by atoms with Gasteiger partial charge in [-0.05, 0) is 55.7 Å². The van der Waals surface area contributed by atoms with E-state index in [1.807, 2.05) is 51.1 Å². The summed E-state index contributed by atoms with van der Waals surface area (Å²) in [5.74, 6) is 0.00263. The Morgan fingerprint density at radius 2 is 1.61 bits per heavy atom. The van der Waals surface area contributed by atoms with Crippen molar-refractivity contribution in [2.75, 3.05) is 5.75 Å². The first-order valence-electron chi connectivity index (χ1n) is 12.4. The van der Waals surface area contributed by atoms with E-state index in [2.05, 4.69) is 29.6 Å². The first-order valence-corrected chi connectivity index (χ1v) is 13.4. The number of aryl methyl sites for hydroxylation is 1. The van der Waals surface area contributed by atoms with E-state index in [1.165, 1.54) is 17.7 Å². The molecule has 0 radical (unpaired) electrons. The van der Waals surface area contributed by atoms with E-state index in [0.717, 1.165) is 22.4 Å². The van der Waals surface area contributed by atoms with E-state index in [9.17, 15) is 14.0 Å². The molecule has 2 amide bonds. The van der Waals surface area contributed by atoms with Gasteiger partial charge in [0.1, 0.15) is 11.9 Å². The number of carbonyl (C=O) groups is 2. The van der Waals surface area contributed by atoms with Gasteiger partial charge in [0.15, 0.2) is 0 Å². The molecule has 0 saturated heterocycles. The lowest BCUT2D eigenvalue weighted by molar-refractivity contribution is -0.141. The molecule has 3 aromatic rings. The van der Waals surface area contributed by atoms with Crippen molar-refractivity contribution in [3.05, 3.63) is 101 Å². The zero-order valence-corrected chi connectivity index (χ0v) is 22.1. The van der Waals surface area contributed by atoms with Gasteiger partial charge in [-0.1, -0.05) is 67.1 Å². The predicted octanol–water partition coefficient (Wildman–Crippen LogP) is 6.17. The van der Waals surface area contributed by atoms with Gasteiger partial charge >= 0.3 is 0 Å². The fourth-order valence-corrected chi connectivity index (χ4v) is 4.66. The lowest BCUT2D eigenvalue weighted by Crippen LogP contribution is -2.52. The summed E-state index contributed by atoms with van der Waals surface area (Å²) >= 11 is 1.62. The van der Waals surface area contributed by atoms with E-state index in [4.69, 9.17) is 0 Å². The number of nitrogens with zero attached hydrogens (tertiary/aromatic N) is 1. The highest BCUT2D eigenvalue weighted by Gasteiger charge is 2.30. The third-order valence-electron chi connectivity index (χ3n) is 6.14. The summed E-state index contributed by atoms with van der Waals surface area (Å²) in [5, 5.41) is 3.07. The Morgan fingerprint density at radius 1 is 0.944 bits per heavy atom. The SMILES string of the molecule is CC[C@H](C)NC(=O)[C@@H](Cc1ccccc1)N(Cc1ccc(F)cc1)C(=O)CCSc1ccc(C)cc1. The van der Waals surface area contributed by atoms with Crippen molar-refractivity contribution in [2.24, 2.45) is 0 Å². The Labute approximate surface area is 218 Å². The number of carbonyl (C=O) groups excluding carboxylic acids is 2. The molecule has 0 aliphatic rings. The molecule has 6 heteroatoms. The van der Waals surface area contributed by atoms with Crippen molar-refractivity contribution in [1.29, 1.82) is 0 Å². The van der Waals surface area contributed by atoms with E-state index in [0.29, 0.717) is 18.6 Å². The highest BCUT2D eigenvalue weighted by molar-refractivity contribution is 7.99. The summed E-state index contributed by atoms with van der Waals surface area (Å²) < 4.78 is 13.5. The molecule has 0 heterocycles. The molecule has 0 aliphatic carbocycles. The van der Waals surface area contributed by atoms with Crippen molar-refractivity contribution in [3.63, 3.8) is 0 Å². The second-order valence-electron chi connectivity index (χ2n) is 9.08. The molecular weight excluding hydrogens is 471 g/mol. The molecule has 0 spiro atoms. The minimum atomic E-state index is -0.677. The van der Waals surface area contributed by atoms with Gasteiger partial charge in [0, 0.05) is 36.1 Å². The van der Waals surface area contributed by atoms with Gasteiger partial charge in [-0.3, -0.25) is 9.59 Å². The molecule has 0 unspecified atom stereocenters. The van der Waals surface area contributed by atoms with Crippen molar-refractivity contribution < 1.29 is 14.0 Å². The Bertz CT molecular complexity index is 1100. The van der Waals surface area contributed by atoms with Crippen LogP contribution in [0.15, 0.2) is 83.8 Å². The molecule has 0 aliphatic heterocycles. The molecule has 4 nitrogen and oxygen atoms in total. The lowest BCUT2D eigenvalue weighted by Gasteiger charge is -2.32. The van der Waals surface area contributed by atoms with Gasteiger partial charge in [-0.2, -0.15) is 0 Å². The highest BCUT2D eigenvalue weighted by Crippen LogP contribution is 2.21. The van der Waals surface area contributed by atoms with Gasteiger partial charge in [-0.15, -0.1) is 11.8 Å². The first kappa shape index (κ1) is 27.5. The normalized spacial score (nSPS) is 12.6. The summed E-state index contributed by atoms with van der Waals surface area (Å²) in [6.07, 6.45) is 1.49. The summed E-state index contributed by atoms with van der Waals surface area (Å²) in [7, 11) is 0. The van der Waals surface area contributed by atoms with Crippen molar-refractivity contribution in [2.45, 2.75) is 63.6 Å². The second kappa shape index (κ2) is 13.8. The van der Waals surface area contributed by atoms with Crippen LogP contribution in [0.2, 0.25) is 0 Å². The fraction of sp³-hybridized carbons (Fsp3) is 0.333. The maximum absolute atomic E-state index is 13.6. The minimum Gasteiger partial charge on any atom is -0.352 e. The maximum Gasteiger partial charge on any atom is 0.243 e. The zero-order chi connectivity index (χ0) is 25.9. The maximum atomic E-state index is 13.6. The van der Waals surface area contributed by atoms with Crippen LogP contribution < -0.4 is 5.32 Å².